The van der Waals surface area contributed by atoms with Gasteiger partial charge in [-0.25, -0.2) is 0 Å². The monoisotopic (exact) mass is 615 g/mol. The fourth-order valence-corrected chi connectivity index (χ4v) is 4.21. The molecule has 0 unspecified atom stereocenters. The zero-order chi connectivity index (χ0) is 27.8. The molecule has 0 aliphatic heterocycles. The number of carboxylic acids is 3. The molecule has 6 aromatic rings. The van der Waals surface area contributed by atoms with Gasteiger partial charge in [0.1, 0.15) is 0 Å². The van der Waals surface area contributed by atoms with Crippen molar-refractivity contribution in [1.29, 1.82) is 0 Å². The average Bonchev–Trinajstić information content (AvgIpc) is 2.96. The van der Waals surface area contributed by atoms with Crippen molar-refractivity contribution < 1.29 is 49.2 Å². The summed E-state index contributed by atoms with van der Waals surface area (Å²) in [6.07, 6.45) is 0. The van der Waals surface area contributed by atoms with Crippen LogP contribution in [-0.4, -0.2) is 17.9 Å². The summed E-state index contributed by atoms with van der Waals surface area (Å²) in [5.74, 6) is -3.38. The number of hydrogen-bond donors (Lipinski definition) is 0. The first-order valence-electron chi connectivity index (χ1n) is 11.9. The quantitative estimate of drug-likeness (QED) is 0.281. The van der Waals surface area contributed by atoms with Crippen LogP contribution in [-0.2, 0) is 19.5 Å². The second kappa shape index (κ2) is 13.8. The molecule has 40 heavy (non-hydrogen) atoms. The number of rotatable bonds is 3. The van der Waals surface area contributed by atoms with Crippen LogP contribution < -0.4 is 15.3 Å². The van der Waals surface area contributed by atoms with Crippen molar-refractivity contribution in [2.75, 3.05) is 0 Å². The van der Waals surface area contributed by atoms with E-state index in [4.69, 9.17) is 0 Å². The SMILES string of the molecule is O=C([O-])c1cccc2ccccc12.O=C([O-])c1cccc2ccccc12.O=C([O-])c1cccc2ccccc12.[Ru+3]. The summed E-state index contributed by atoms with van der Waals surface area (Å²) in [5, 5.41) is 37.1. The molecule has 0 N–H and O–H groups in total. The van der Waals surface area contributed by atoms with E-state index in [1.54, 1.807) is 54.6 Å². The van der Waals surface area contributed by atoms with Crippen LogP contribution in [0.4, 0.5) is 0 Å². The number of carbonyl (C=O) groups excluding carboxylic acids is 3. The molecule has 0 saturated heterocycles. The van der Waals surface area contributed by atoms with Crippen LogP contribution >= 0.6 is 0 Å². The molecule has 7 heteroatoms. The van der Waals surface area contributed by atoms with Gasteiger partial charge >= 0.3 is 19.5 Å². The minimum atomic E-state index is -1.13. The molecule has 0 aromatic heterocycles. The van der Waals surface area contributed by atoms with Crippen LogP contribution in [0.3, 0.4) is 0 Å². The largest absolute Gasteiger partial charge is 3.00 e. The van der Waals surface area contributed by atoms with Crippen molar-refractivity contribution in [3.63, 3.8) is 0 Å². The van der Waals surface area contributed by atoms with E-state index < -0.39 is 17.9 Å². The fourth-order valence-electron chi connectivity index (χ4n) is 4.21. The third-order valence-corrected chi connectivity index (χ3v) is 6.03. The molecule has 0 fully saturated rings. The van der Waals surface area contributed by atoms with E-state index in [0.29, 0.717) is 0 Å². The van der Waals surface area contributed by atoms with Gasteiger partial charge in [0, 0.05) is 16.7 Å². The maximum Gasteiger partial charge on any atom is 3.00 e. The fraction of sp³-hybridized carbons (Fsp3) is 0. The predicted molar refractivity (Wildman–Crippen MR) is 145 cm³/mol. The summed E-state index contributed by atoms with van der Waals surface area (Å²) < 4.78 is 0. The van der Waals surface area contributed by atoms with E-state index in [0.717, 1.165) is 32.3 Å². The Kier molecular flexibility index (Phi) is 10.2. The zero-order valence-electron chi connectivity index (χ0n) is 20.9. The molecule has 0 bridgehead atoms. The van der Waals surface area contributed by atoms with Gasteiger partial charge < -0.3 is 29.7 Å². The Hall–Kier alpha value is -4.87. The van der Waals surface area contributed by atoms with Crippen LogP contribution in [0.25, 0.3) is 32.3 Å². The molecule has 0 aliphatic carbocycles. The molecule has 6 rings (SSSR count). The normalized spacial score (nSPS) is 9.90. The summed E-state index contributed by atoms with van der Waals surface area (Å²) in [5.41, 5.74) is 0.745. The topological polar surface area (TPSA) is 120 Å². The molecule has 6 aromatic carbocycles. The molecule has 0 amide bonds. The van der Waals surface area contributed by atoms with Crippen molar-refractivity contribution in [3.8, 4) is 0 Å². The zero-order valence-corrected chi connectivity index (χ0v) is 22.7. The van der Waals surface area contributed by atoms with Crippen molar-refractivity contribution in [2.45, 2.75) is 0 Å². The van der Waals surface area contributed by atoms with Gasteiger partial charge in [-0.1, -0.05) is 127 Å². The molecule has 197 valence electrons. The third-order valence-electron chi connectivity index (χ3n) is 6.03. The smallest absolute Gasteiger partial charge is 0.545 e. The second-order valence-corrected chi connectivity index (χ2v) is 8.44. The molecule has 0 atom stereocenters. The summed E-state index contributed by atoms with van der Waals surface area (Å²) >= 11 is 0. The van der Waals surface area contributed by atoms with Gasteiger partial charge in [0.25, 0.3) is 0 Å². The van der Waals surface area contributed by atoms with Crippen molar-refractivity contribution in [1.82, 2.24) is 0 Å². The Labute approximate surface area is 242 Å². The summed E-state index contributed by atoms with van der Waals surface area (Å²) in [4.78, 5) is 32.1. The summed E-state index contributed by atoms with van der Waals surface area (Å²) in [7, 11) is 0. The van der Waals surface area contributed by atoms with Crippen LogP contribution in [0.15, 0.2) is 127 Å². The molecular formula is C33H21O6Ru. The van der Waals surface area contributed by atoms with Crippen LogP contribution in [0.1, 0.15) is 31.1 Å². The molecule has 0 spiro atoms. The van der Waals surface area contributed by atoms with Crippen molar-refractivity contribution in [2.24, 2.45) is 0 Å². The van der Waals surface area contributed by atoms with Gasteiger partial charge in [0.15, 0.2) is 0 Å². The first kappa shape index (κ1) is 29.7. The average molecular weight is 615 g/mol. The number of aromatic carboxylic acids is 3. The summed E-state index contributed by atoms with van der Waals surface area (Å²) in [6, 6.07) is 37.5. The second-order valence-electron chi connectivity index (χ2n) is 8.44. The van der Waals surface area contributed by atoms with E-state index in [9.17, 15) is 29.7 Å². The third kappa shape index (κ3) is 6.96. The molecule has 0 aliphatic rings. The number of carbonyl (C=O) groups is 3. The Balaban J connectivity index is 0.000000163. The molecule has 0 saturated carbocycles. The van der Waals surface area contributed by atoms with E-state index in [1.807, 2.05) is 72.8 Å². The van der Waals surface area contributed by atoms with Gasteiger partial charge in [0.05, 0.1) is 17.9 Å². The molecular weight excluding hydrogens is 593 g/mol. The number of benzene rings is 6. The van der Waals surface area contributed by atoms with Gasteiger partial charge in [-0.05, 0) is 32.3 Å². The Morgan fingerprint density at radius 3 is 0.825 bits per heavy atom. The van der Waals surface area contributed by atoms with Crippen molar-refractivity contribution >= 4 is 50.2 Å². The van der Waals surface area contributed by atoms with E-state index >= 15 is 0 Å². The number of fused-ring (bicyclic) bond motifs is 3. The van der Waals surface area contributed by atoms with Crippen LogP contribution in [0.5, 0.6) is 0 Å². The first-order valence-corrected chi connectivity index (χ1v) is 11.9. The van der Waals surface area contributed by atoms with Gasteiger partial charge in [-0.15, -0.1) is 0 Å². The Morgan fingerprint density at radius 1 is 0.350 bits per heavy atom. The molecule has 0 heterocycles. The molecule has 1 radical (unpaired) electrons. The predicted octanol–water partition coefficient (Wildman–Crippen LogP) is 3.61. The van der Waals surface area contributed by atoms with Crippen molar-refractivity contribution in [3.05, 3.63) is 144 Å². The van der Waals surface area contributed by atoms with Gasteiger partial charge in [-0.2, -0.15) is 0 Å². The summed E-state index contributed by atoms with van der Waals surface area (Å²) in [6.45, 7) is 0. The van der Waals surface area contributed by atoms with Gasteiger partial charge in [-0.3, -0.25) is 0 Å². The number of carboxylic acid groups (broad SMARTS) is 3. The van der Waals surface area contributed by atoms with Crippen LogP contribution in [0, 0.1) is 0 Å². The van der Waals surface area contributed by atoms with Gasteiger partial charge in [0.2, 0.25) is 0 Å². The van der Waals surface area contributed by atoms with Crippen LogP contribution in [0.2, 0.25) is 0 Å². The standard InChI is InChI=1S/3C11H8O2.Ru/c3*12-11(13)10-7-3-5-8-4-1-2-6-9(8)10;/h3*1-7H,(H,12,13);/q;;;+3/p-3. The first-order chi connectivity index (χ1) is 18.9. The minimum Gasteiger partial charge on any atom is -0.545 e. The Bertz CT molecular complexity index is 1580. The van der Waals surface area contributed by atoms with E-state index in [2.05, 4.69) is 0 Å². The Morgan fingerprint density at radius 2 is 0.575 bits per heavy atom. The maximum atomic E-state index is 10.7. The van der Waals surface area contributed by atoms with E-state index in [1.165, 1.54) is 0 Å². The maximum absolute atomic E-state index is 10.7. The number of hydrogen-bond acceptors (Lipinski definition) is 6. The minimum absolute atomic E-state index is 0. The molecule has 6 nitrogen and oxygen atoms in total. The van der Waals surface area contributed by atoms with E-state index in [-0.39, 0.29) is 36.2 Å².